The summed E-state index contributed by atoms with van der Waals surface area (Å²) in [4.78, 5) is 0. The molecule has 0 spiro atoms. The fourth-order valence-corrected chi connectivity index (χ4v) is 3.52. The minimum atomic E-state index is 0.635. The van der Waals surface area contributed by atoms with Crippen LogP contribution in [0.25, 0.3) is 0 Å². The lowest BCUT2D eigenvalue weighted by Gasteiger charge is -2.14. The van der Waals surface area contributed by atoms with Crippen LogP contribution in [0.2, 0.25) is 0 Å². The molecule has 1 aromatic rings. The number of nitrogens with zero attached hydrogens (tertiary/aromatic N) is 3. The number of fused-ring (bicyclic) bond motifs is 1. The molecule has 3 rings (SSSR count). The highest BCUT2D eigenvalue weighted by atomic mass is 79.9. The van der Waals surface area contributed by atoms with Gasteiger partial charge in [0.25, 0.3) is 0 Å². The average Bonchev–Trinajstić information content (AvgIpc) is 2.79. The molecule has 2 atom stereocenters. The fourth-order valence-electron chi connectivity index (χ4n) is 3.10. The molecule has 2 unspecified atom stereocenters. The Morgan fingerprint density at radius 3 is 2.71 bits per heavy atom. The molecule has 94 valence electrons. The van der Waals surface area contributed by atoms with Crippen LogP contribution in [0.3, 0.4) is 0 Å². The largest absolute Gasteiger partial charge is 0.383 e. The summed E-state index contributed by atoms with van der Waals surface area (Å²) >= 11 is 3.48. The second kappa shape index (κ2) is 4.69. The number of ether oxygens (including phenoxy) is 1. The lowest BCUT2D eigenvalue weighted by atomic mass is 10.0. The van der Waals surface area contributed by atoms with Gasteiger partial charge < -0.3 is 9.30 Å². The zero-order valence-electron chi connectivity index (χ0n) is 10.1. The summed E-state index contributed by atoms with van der Waals surface area (Å²) < 4.78 is 7.41. The van der Waals surface area contributed by atoms with Crippen molar-refractivity contribution in [1.82, 2.24) is 14.8 Å². The van der Waals surface area contributed by atoms with E-state index in [4.69, 9.17) is 4.74 Å². The summed E-state index contributed by atoms with van der Waals surface area (Å²) in [7, 11) is 1.74. The van der Waals surface area contributed by atoms with Crippen molar-refractivity contribution < 1.29 is 4.74 Å². The van der Waals surface area contributed by atoms with Crippen molar-refractivity contribution in [2.75, 3.05) is 13.7 Å². The van der Waals surface area contributed by atoms with Gasteiger partial charge in [-0.05, 0) is 31.1 Å². The summed E-state index contributed by atoms with van der Waals surface area (Å²) in [6.07, 6.45) is 4.09. The molecule has 1 aromatic heterocycles. The highest BCUT2D eigenvalue weighted by Crippen LogP contribution is 2.57. The van der Waals surface area contributed by atoms with Crippen molar-refractivity contribution >= 4 is 15.9 Å². The molecule has 2 aliphatic carbocycles. The van der Waals surface area contributed by atoms with Crippen LogP contribution in [0.4, 0.5) is 0 Å². The maximum Gasteiger partial charge on any atom is 0.143 e. The van der Waals surface area contributed by atoms with Gasteiger partial charge >= 0.3 is 0 Å². The first-order valence-electron chi connectivity index (χ1n) is 6.30. The predicted molar refractivity (Wildman–Crippen MR) is 68.1 cm³/mol. The van der Waals surface area contributed by atoms with Gasteiger partial charge in [-0.2, -0.15) is 0 Å². The highest BCUT2D eigenvalue weighted by molar-refractivity contribution is 9.08. The molecule has 0 bridgehead atoms. The van der Waals surface area contributed by atoms with Gasteiger partial charge in [0.15, 0.2) is 0 Å². The normalized spacial score (nSPS) is 30.6. The van der Waals surface area contributed by atoms with Crippen LogP contribution < -0.4 is 0 Å². The molecule has 4 nitrogen and oxygen atoms in total. The van der Waals surface area contributed by atoms with Crippen molar-refractivity contribution in [3.63, 3.8) is 0 Å². The predicted octanol–water partition coefficient (Wildman–Crippen LogP) is 2.33. The Balaban J connectivity index is 1.79. The van der Waals surface area contributed by atoms with E-state index >= 15 is 0 Å². The number of hydrogen-bond donors (Lipinski definition) is 0. The van der Waals surface area contributed by atoms with E-state index in [9.17, 15) is 0 Å². The van der Waals surface area contributed by atoms with E-state index in [1.54, 1.807) is 7.11 Å². The number of methoxy groups -OCH3 is 1. The summed E-state index contributed by atoms with van der Waals surface area (Å²) in [5.74, 6) is 4.82. The standard InChI is InChI=1S/C12H18BrN3O/c1-17-3-2-16-11(7-13)14-15-12(16)10-5-8-4-9(8)6-10/h8-10H,2-7H2,1H3. The van der Waals surface area contributed by atoms with Crippen molar-refractivity contribution in [1.29, 1.82) is 0 Å². The highest BCUT2D eigenvalue weighted by Gasteiger charge is 2.47. The summed E-state index contributed by atoms with van der Waals surface area (Å²) in [6.45, 7) is 1.59. The first kappa shape index (κ1) is 11.7. The maximum absolute atomic E-state index is 5.17. The molecule has 0 aliphatic heterocycles. The molecule has 0 saturated heterocycles. The first-order valence-corrected chi connectivity index (χ1v) is 7.42. The first-order chi connectivity index (χ1) is 8.33. The van der Waals surface area contributed by atoms with E-state index in [0.29, 0.717) is 5.92 Å². The van der Waals surface area contributed by atoms with E-state index < -0.39 is 0 Å². The van der Waals surface area contributed by atoms with Gasteiger partial charge in [0.05, 0.1) is 11.9 Å². The minimum absolute atomic E-state index is 0.635. The van der Waals surface area contributed by atoms with Crippen molar-refractivity contribution in [2.45, 2.75) is 37.1 Å². The number of rotatable bonds is 5. The number of alkyl halides is 1. The van der Waals surface area contributed by atoms with Gasteiger partial charge in [0.1, 0.15) is 11.6 Å². The quantitative estimate of drug-likeness (QED) is 0.784. The number of hydrogen-bond acceptors (Lipinski definition) is 3. The van der Waals surface area contributed by atoms with E-state index in [1.807, 2.05) is 0 Å². The molecular weight excluding hydrogens is 282 g/mol. The van der Waals surface area contributed by atoms with Crippen LogP contribution in [0.1, 0.15) is 36.8 Å². The molecule has 0 aromatic carbocycles. The third kappa shape index (κ3) is 2.15. The van der Waals surface area contributed by atoms with Gasteiger partial charge in [0.2, 0.25) is 0 Å². The molecule has 0 radical (unpaired) electrons. The van der Waals surface area contributed by atoms with Crippen LogP contribution in [-0.2, 0) is 16.6 Å². The fraction of sp³-hybridized carbons (Fsp3) is 0.833. The Kier molecular flexibility index (Phi) is 3.21. The summed E-state index contributed by atoms with van der Waals surface area (Å²) in [5, 5.41) is 9.45. The van der Waals surface area contributed by atoms with Crippen molar-refractivity contribution in [3.05, 3.63) is 11.6 Å². The Bertz CT molecular complexity index is 396. The lowest BCUT2D eigenvalue weighted by Crippen LogP contribution is -2.13. The summed E-state index contributed by atoms with van der Waals surface area (Å²) in [5.41, 5.74) is 0. The number of aromatic nitrogens is 3. The van der Waals surface area contributed by atoms with Crippen LogP contribution in [-0.4, -0.2) is 28.5 Å². The minimum Gasteiger partial charge on any atom is -0.383 e. The third-order valence-electron chi connectivity index (χ3n) is 4.10. The van der Waals surface area contributed by atoms with Crippen molar-refractivity contribution in [2.24, 2.45) is 11.8 Å². The van der Waals surface area contributed by atoms with Crippen LogP contribution in [0.15, 0.2) is 0 Å². The SMILES string of the molecule is COCCn1c(CBr)nnc1C1CC2CC2C1. The van der Waals surface area contributed by atoms with Gasteiger partial charge in [-0.3, -0.25) is 0 Å². The monoisotopic (exact) mass is 299 g/mol. The average molecular weight is 300 g/mol. The van der Waals surface area contributed by atoms with E-state index in [-0.39, 0.29) is 0 Å². The van der Waals surface area contributed by atoms with Gasteiger partial charge in [0, 0.05) is 19.6 Å². The lowest BCUT2D eigenvalue weighted by molar-refractivity contribution is 0.185. The number of halogens is 1. The Morgan fingerprint density at radius 2 is 2.06 bits per heavy atom. The van der Waals surface area contributed by atoms with Crippen LogP contribution >= 0.6 is 15.9 Å². The third-order valence-corrected chi connectivity index (χ3v) is 4.60. The summed E-state index contributed by atoms with van der Waals surface area (Å²) in [6, 6.07) is 0. The van der Waals surface area contributed by atoms with Gasteiger partial charge in [-0.25, -0.2) is 0 Å². The molecule has 0 N–H and O–H groups in total. The molecule has 2 fully saturated rings. The zero-order chi connectivity index (χ0) is 11.8. The van der Waals surface area contributed by atoms with Gasteiger partial charge in [-0.1, -0.05) is 15.9 Å². The Labute approximate surface area is 110 Å². The van der Waals surface area contributed by atoms with E-state index in [1.165, 1.54) is 25.1 Å². The van der Waals surface area contributed by atoms with E-state index in [2.05, 4.69) is 30.7 Å². The molecule has 5 heteroatoms. The van der Waals surface area contributed by atoms with Gasteiger partial charge in [-0.15, -0.1) is 10.2 Å². The second-order valence-electron chi connectivity index (χ2n) is 5.18. The Hall–Kier alpha value is -0.420. The molecule has 2 aliphatic rings. The van der Waals surface area contributed by atoms with E-state index in [0.717, 1.165) is 36.1 Å². The topological polar surface area (TPSA) is 39.9 Å². The molecule has 0 amide bonds. The molecule has 2 saturated carbocycles. The van der Waals surface area contributed by atoms with Crippen LogP contribution in [0.5, 0.6) is 0 Å². The maximum atomic E-state index is 5.17. The second-order valence-corrected chi connectivity index (χ2v) is 5.74. The Morgan fingerprint density at radius 1 is 1.29 bits per heavy atom. The molecule has 1 heterocycles. The molecular formula is C12H18BrN3O. The zero-order valence-corrected chi connectivity index (χ0v) is 11.7. The molecule has 17 heavy (non-hydrogen) atoms. The smallest absolute Gasteiger partial charge is 0.143 e. The van der Waals surface area contributed by atoms with Crippen molar-refractivity contribution in [3.8, 4) is 0 Å². The van der Waals surface area contributed by atoms with Crippen LogP contribution in [0, 0.1) is 11.8 Å².